The Balaban J connectivity index is 1.74. The van der Waals surface area contributed by atoms with Crippen molar-refractivity contribution in [1.29, 1.82) is 0 Å². The van der Waals surface area contributed by atoms with E-state index in [4.69, 9.17) is 11.6 Å². The van der Waals surface area contributed by atoms with Crippen molar-refractivity contribution in [2.75, 3.05) is 0 Å². The van der Waals surface area contributed by atoms with Crippen molar-refractivity contribution in [2.45, 2.75) is 46.0 Å². The van der Waals surface area contributed by atoms with Crippen molar-refractivity contribution in [3.05, 3.63) is 94.0 Å². The lowest BCUT2D eigenvalue weighted by Gasteiger charge is -2.07. The molecular formula is C27H27Cl. The monoisotopic (exact) mass is 386 g/mol. The Kier molecular flexibility index (Phi) is 7.35. The second-order valence-electron chi connectivity index (χ2n) is 7.19. The van der Waals surface area contributed by atoms with Crippen LogP contribution in [0, 0.1) is 11.8 Å². The van der Waals surface area contributed by atoms with Gasteiger partial charge >= 0.3 is 0 Å². The maximum absolute atomic E-state index is 6.56. The molecule has 0 aromatic heterocycles. The summed E-state index contributed by atoms with van der Waals surface area (Å²) in [6, 6.07) is 23.3. The van der Waals surface area contributed by atoms with Gasteiger partial charge in [0.2, 0.25) is 0 Å². The largest absolute Gasteiger partial charge is 0.0836 e. The predicted molar refractivity (Wildman–Crippen MR) is 122 cm³/mol. The van der Waals surface area contributed by atoms with E-state index < -0.39 is 0 Å². The van der Waals surface area contributed by atoms with E-state index in [-0.39, 0.29) is 0 Å². The van der Waals surface area contributed by atoms with Gasteiger partial charge in [0, 0.05) is 21.7 Å². The van der Waals surface area contributed by atoms with E-state index in [2.05, 4.69) is 80.3 Å². The van der Waals surface area contributed by atoms with Gasteiger partial charge in [0.1, 0.15) is 0 Å². The van der Waals surface area contributed by atoms with Crippen LogP contribution in [0.25, 0.3) is 11.1 Å². The van der Waals surface area contributed by atoms with E-state index in [1.165, 1.54) is 24.0 Å². The first-order valence-corrected chi connectivity index (χ1v) is 10.6. The molecule has 1 heteroatoms. The Bertz CT molecular complexity index is 954. The molecule has 0 heterocycles. The third-order valence-electron chi connectivity index (χ3n) is 4.90. The van der Waals surface area contributed by atoms with Crippen molar-refractivity contribution in [1.82, 2.24) is 0 Å². The molecule has 0 spiro atoms. The molecule has 0 aliphatic heterocycles. The molecule has 0 atom stereocenters. The van der Waals surface area contributed by atoms with Gasteiger partial charge in [-0.25, -0.2) is 0 Å². The topological polar surface area (TPSA) is 0 Å². The van der Waals surface area contributed by atoms with Gasteiger partial charge in [-0.2, -0.15) is 0 Å². The summed E-state index contributed by atoms with van der Waals surface area (Å²) in [4.78, 5) is 0. The standard InChI is InChI=1S/C27H27Cl/c1-3-5-7-22-14-17-25(18-15-22)26-19-16-24(20-27(26)28)13-12-23-10-8-21(6-4-2)9-11-23/h8-11,14-20H,3-7H2,1-2H3. The highest BCUT2D eigenvalue weighted by atomic mass is 35.5. The van der Waals surface area contributed by atoms with Crippen LogP contribution in [0.4, 0.5) is 0 Å². The van der Waals surface area contributed by atoms with Gasteiger partial charge in [0.15, 0.2) is 0 Å². The summed E-state index contributed by atoms with van der Waals surface area (Å²) in [5.74, 6) is 6.46. The quantitative estimate of drug-likeness (QED) is 0.380. The lowest BCUT2D eigenvalue weighted by atomic mass is 10.0. The van der Waals surface area contributed by atoms with E-state index in [1.807, 2.05) is 12.1 Å². The van der Waals surface area contributed by atoms with Crippen molar-refractivity contribution in [2.24, 2.45) is 0 Å². The Morgan fingerprint density at radius 2 is 1.29 bits per heavy atom. The maximum atomic E-state index is 6.56. The Hall–Kier alpha value is -2.49. The van der Waals surface area contributed by atoms with Crippen LogP contribution in [-0.4, -0.2) is 0 Å². The highest BCUT2D eigenvalue weighted by molar-refractivity contribution is 6.33. The summed E-state index contributed by atoms with van der Waals surface area (Å²) in [7, 11) is 0. The first kappa shape index (κ1) is 20.2. The van der Waals surface area contributed by atoms with Crippen molar-refractivity contribution >= 4 is 11.6 Å². The molecule has 0 aliphatic rings. The molecule has 0 radical (unpaired) electrons. The van der Waals surface area contributed by atoms with Gasteiger partial charge in [0.25, 0.3) is 0 Å². The van der Waals surface area contributed by atoms with E-state index >= 15 is 0 Å². The summed E-state index contributed by atoms with van der Waals surface area (Å²) in [5.41, 5.74) is 6.92. The van der Waals surface area contributed by atoms with Crippen LogP contribution < -0.4 is 0 Å². The molecule has 0 saturated heterocycles. The highest BCUT2D eigenvalue weighted by Crippen LogP contribution is 2.29. The molecule has 3 aromatic carbocycles. The number of hydrogen-bond donors (Lipinski definition) is 0. The number of aryl methyl sites for hydroxylation is 2. The number of unbranched alkanes of at least 4 members (excludes halogenated alkanes) is 1. The van der Waals surface area contributed by atoms with Crippen molar-refractivity contribution < 1.29 is 0 Å². The summed E-state index contributed by atoms with van der Waals surface area (Å²) < 4.78 is 0. The van der Waals surface area contributed by atoms with Crippen LogP contribution in [0.3, 0.4) is 0 Å². The predicted octanol–water partition coefficient (Wildman–Crippen LogP) is 7.70. The normalized spacial score (nSPS) is 10.4. The average molecular weight is 387 g/mol. The minimum atomic E-state index is 0.742. The minimum Gasteiger partial charge on any atom is -0.0836 e. The molecule has 3 rings (SSSR count). The van der Waals surface area contributed by atoms with E-state index in [1.54, 1.807) is 0 Å². The first-order valence-electron chi connectivity index (χ1n) is 10.2. The van der Waals surface area contributed by atoms with E-state index in [0.717, 1.165) is 46.5 Å². The SMILES string of the molecule is CCCCc1ccc(-c2ccc(C#Cc3ccc(CCC)cc3)cc2Cl)cc1. The molecule has 3 aromatic rings. The smallest absolute Gasteiger partial charge is 0.0496 e. The fourth-order valence-electron chi connectivity index (χ4n) is 3.25. The number of rotatable bonds is 6. The van der Waals surface area contributed by atoms with E-state index in [0.29, 0.717) is 0 Å². The number of benzene rings is 3. The molecule has 0 fully saturated rings. The minimum absolute atomic E-state index is 0.742. The van der Waals surface area contributed by atoms with Gasteiger partial charge in [-0.1, -0.05) is 92.6 Å². The number of halogens is 1. The summed E-state index contributed by atoms with van der Waals surface area (Å²) in [6.07, 6.45) is 5.87. The van der Waals surface area contributed by atoms with Crippen molar-refractivity contribution in [3.8, 4) is 23.0 Å². The van der Waals surface area contributed by atoms with Gasteiger partial charge in [-0.05, 0) is 60.2 Å². The summed E-state index contributed by atoms with van der Waals surface area (Å²) in [5, 5.41) is 0.742. The molecule has 0 aliphatic carbocycles. The zero-order valence-corrected chi connectivity index (χ0v) is 17.5. The third-order valence-corrected chi connectivity index (χ3v) is 5.21. The average Bonchev–Trinajstić information content (AvgIpc) is 2.72. The fourth-order valence-corrected chi connectivity index (χ4v) is 3.54. The van der Waals surface area contributed by atoms with Gasteiger partial charge < -0.3 is 0 Å². The highest BCUT2D eigenvalue weighted by Gasteiger charge is 2.04. The third kappa shape index (κ3) is 5.51. The second-order valence-corrected chi connectivity index (χ2v) is 7.60. The van der Waals surface area contributed by atoms with Crippen LogP contribution in [0.5, 0.6) is 0 Å². The molecule has 142 valence electrons. The van der Waals surface area contributed by atoms with Gasteiger partial charge in [-0.15, -0.1) is 0 Å². The van der Waals surface area contributed by atoms with Gasteiger partial charge in [-0.3, -0.25) is 0 Å². The lowest BCUT2D eigenvalue weighted by molar-refractivity contribution is 0.795. The Labute approximate surface area is 174 Å². The molecular weight excluding hydrogens is 360 g/mol. The summed E-state index contributed by atoms with van der Waals surface area (Å²) in [6.45, 7) is 4.42. The fraction of sp³-hybridized carbons (Fsp3) is 0.259. The molecule has 0 N–H and O–H groups in total. The number of hydrogen-bond acceptors (Lipinski definition) is 0. The van der Waals surface area contributed by atoms with Crippen LogP contribution in [0.1, 0.15) is 55.4 Å². The van der Waals surface area contributed by atoms with E-state index in [9.17, 15) is 0 Å². The Morgan fingerprint density at radius 1 is 0.679 bits per heavy atom. The van der Waals surface area contributed by atoms with Crippen molar-refractivity contribution in [3.63, 3.8) is 0 Å². The Morgan fingerprint density at radius 3 is 1.93 bits per heavy atom. The molecule has 0 bridgehead atoms. The molecule has 0 amide bonds. The molecule has 0 nitrogen and oxygen atoms in total. The van der Waals surface area contributed by atoms with Gasteiger partial charge in [0.05, 0.1) is 0 Å². The maximum Gasteiger partial charge on any atom is 0.0496 e. The van der Waals surface area contributed by atoms with Crippen LogP contribution in [0.15, 0.2) is 66.7 Å². The van der Waals surface area contributed by atoms with Crippen LogP contribution in [-0.2, 0) is 12.8 Å². The lowest BCUT2D eigenvalue weighted by Crippen LogP contribution is -1.86. The zero-order chi connectivity index (χ0) is 19.8. The summed E-state index contributed by atoms with van der Waals surface area (Å²) >= 11 is 6.56. The molecule has 28 heavy (non-hydrogen) atoms. The van der Waals surface area contributed by atoms with Crippen LogP contribution in [0.2, 0.25) is 5.02 Å². The first-order chi connectivity index (χ1) is 13.7. The molecule has 0 unspecified atom stereocenters. The second kappa shape index (κ2) is 10.2. The zero-order valence-electron chi connectivity index (χ0n) is 16.8. The molecule has 0 saturated carbocycles. The van der Waals surface area contributed by atoms with Crippen LogP contribution >= 0.6 is 11.6 Å².